The number of hydrogen-bond donors (Lipinski definition) is 1. The fraction of sp³-hybridized carbons (Fsp3) is 0.133. The maximum Gasteiger partial charge on any atom is 0.573 e. The van der Waals surface area contributed by atoms with Gasteiger partial charge in [-0.25, -0.2) is 8.42 Å². The number of aromatic carboxylic acids is 1. The normalized spacial score (nSPS) is 11.8. The molecule has 0 heterocycles. The molecule has 6 nitrogen and oxygen atoms in total. The molecule has 0 radical (unpaired) electrons. The lowest BCUT2D eigenvalue weighted by molar-refractivity contribution is -0.274. The molecule has 0 bridgehead atoms. The lowest BCUT2D eigenvalue weighted by Gasteiger charge is -2.13. The first-order valence-electron chi connectivity index (χ1n) is 6.68. The van der Waals surface area contributed by atoms with E-state index in [2.05, 4.69) is 9.46 Å². The second kappa shape index (κ2) is 6.63. The van der Waals surface area contributed by atoms with Crippen LogP contribution in [0.2, 0.25) is 0 Å². The quantitative estimate of drug-likeness (QED) is 0.864. The van der Waals surface area contributed by atoms with Crippen LogP contribution in [0.15, 0.2) is 47.4 Å². The van der Waals surface area contributed by atoms with E-state index in [1.165, 1.54) is 19.1 Å². The second-order valence-electron chi connectivity index (χ2n) is 4.95. The van der Waals surface area contributed by atoms with Gasteiger partial charge in [0.1, 0.15) is 5.75 Å². The highest BCUT2D eigenvalue weighted by molar-refractivity contribution is 7.92. The van der Waals surface area contributed by atoms with E-state index in [0.29, 0.717) is 0 Å². The minimum Gasteiger partial charge on any atom is -0.545 e. The molecule has 0 saturated heterocycles. The van der Waals surface area contributed by atoms with E-state index in [-0.39, 0.29) is 21.7 Å². The predicted molar refractivity (Wildman–Crippen MR) is 79.4 cm³/mol. The summed E-state index contributed by atoms with van der Waals surface area (Å²) in [6.45, 7) is 1.47. The first-order valence-corrected chi connectivity index (χ1v) is 8.17. The molecule has 0 atom stereocenters. The molecular weight excluding hydrogens is 363 g/mol. The molecule has 0 unspecified atom stereocenters. The SMILES string of the molecule is Cc1ccc(C(=O)[O-])cc1S(=O)(=O)Nc1ccc(OC(F)(F)F)cc1. The van der Waals surface area contributed by atoms with Gasteiger partial charge in [0.2, 0.25) is 0 Å². The highest BCUT2D eigenvalue weighted by Gasteiger charge is 2.31. The number of halogens is 3. The summed E-state index contributed by atoms with van der Waals surface area (Å²) < 4.78 is 66.9. The highest BCUT2D eigenvalue weighted by atomic mass is 32.2. The van der Waals surface area contributed by atoms with E-state index < -0.39 is 28.1 Å². The minimum atomic E-state index is -4.86. The van der Waals surface area contributed by atoms with Crippen LogP contribution in [0.1, 0.15) is 15.9 Å². The second-order valence-corrected chi connectivity index (χ2v) is 6.60. The van der Waals surface area contributed by atoms with Gasteiger partial charge in [-0.15, -0.1) is 13.2 Å². The summed E-state index contributed by atoms with van der Waals surface area (Å²) in [4.78, 5) is 10.6. The summed E-state index contributed by atoms with van der Waals surface area (Å²) in [5.74, 6) is -2.05. The van der Waals surface area contributed by atoms with Gasteiger partial charge in [-0.05, 0) is 48.4 Å². The molecule has 0 spiro atoms. The summed E-state index contributed by atoms with van der Waals surface area (Å²) in [6, 6.07) is 7.49. The van der Waals surface area contributed by atoms with E-state index in [0.717, 1.165) is 30.3 Å². The molecule has 2 rings (SSSR count). The molecule has 0 aliphatic carbocycles. The lowest BCUT2D eigenvalue weighted by Crippen LogP contribution is -2.23. The number of aryl methyl sites for hydroxylation is 1. The van der Waals surface area contributed by atoms with Crippen molar-refractivity contribution in [1.29, 1.82) is 0 Å². The number of carboxylic acids is 1. The summed E-state index contributed by atoms with van der Waals surface area (Å²) in [6.07, 6.45) is -4.86. The Morgan fingerprint density at radius 1 is 1.12 bits per heavy atom. The third kappa shape index (κ3) is 4.86. The molecular formula is C15H11F3NO5S-. The number of carboxylic acid groups (broad SMARTS) is 1. The third-order valence-electron chi connectivity index (χ3n) is 3.05. The smallest absolute Gasteiger partial charge is 0.545 e. The first-order chi connectivity index (χ1) is 11.5. The van der Waals surface area contributed by atoms with Gasteiger partial charge in [0.15, 0.2) is 0 Å². The van der Waals surface area contributed by atoms with Crippen LogP contribution in [0.25, 0.3) is 0 Å². The summed E-state index contributed by atoms with van der Waals surface area (Å²) >= 11 is 0. The Bertz CT molecular complexity index is 892. The lowest BCUT2D eigenvalue weighted by atomic mass is 10.1. The summed E-state index contributed by atoms with van der Waals surface area (Å²) in [5.41, 5.74) is -0.0535. The molecule has 0 fully saturated rings. The van der Waals surface area contributed by atoms with Crippen LogP contribution in [-0.4, -0.2) is 20.7 Å². The highest BCUT2D eigenvalue weighted by Crippen LogP contribution is 2.26. The van der Waals surface area contributed by atoms with Crippen molar-refractivity contribution < 1.29 is 36.2 Å². The molecule has 0 aliphatic heterocycles. The molecule has 2 aromatic carbocycles. The monoisotopic (exact) mass is 374 g/mol. The molecule has 0 amide bonds. The van der Waals surface area contributed by atoms with Crippen LogP contribution >= 0.6 is 0 Å². The fourth-order valence-corrected chi connectivity index (χ4v) is 3.28. The Labute approximate surface area is 140 Å². The number of carbonyl (C=O) groups is 1. The number of ether oxygens (including phenoxy) is 1. The third-order valence-corrected chi connectivity index (χ3v) is 4.58. The predicted octanol–water partition coefficient (Wildman–Crippen LogP) is 2.06. The molecule has 1 N–H and O–H groups in total. The van der Waals surface area contributed by atoms with Crippen molar-refractivity contribution in [2.75, 3.05) is 4.72 Å². The Morgan fingerprint density at radius 3 is 2.24 bits per heavy atom. The number of carbonyl (C=O) groups excluding carboxylic acids is 1. The molecule has 2 aromatic rings. The van der Waals surface area contributed by atoms with Crippen LogP contribution in [0.3, 0.4) is 0 Å². The van der Waals surface area contributed by atoms with E-state index in [1.807, 2.05) is 0 Å². The van der Waals surface area contributed by atoms with Gasteiger partial charge in [0.25, 0.3) is 10.0 Å². The van der Waals surface area contributed by atoms with E-state index >= 15 is 0 Å². The van der Waals surface area contributed by atoms with E-state index in [9.17, 15) is 31.5 Å². The van der Waals surface area contributed by atoms with Crippen molar-refractivity contribution in [3.05, 3.63) is 53.6 Å². The van der Waals surface area contributed by atoms with Gasteiger partial charge in [0.05, 0.1) is 10.9 Å². The van der Waals surface area contributed by atoms with E-state index in [1.54, 1.807) is 0 Å². The number of nitrogens with one attached hydrogen (secondary N) is 1. The number of rotatable bonds is 5. The molecule has 0 aliphatic rings. The Hall–Kier alpha value is -2.75. The molecule has 134 valence electrons. The number of anilines is 1. The average molecular weight is 374 g/mol. The average Bonchev–Trinajstić information content (AvgIpc) is 2.47. The van der Waals surface area contributed by atoms with Crippen molar-refractivity contribution in [3.63, 3.8) is 0 Å². The number of alkyl halides is 3. The van der Waals surface area contributed by atoms with Crippen molar-refractivity contribution in [3.8, 4) is 5.75 Å². The van der Waals surface area contributed by atoms with Crippen LogP contribution in [0.4, 0.5) is 18.9 Å². The summed E-state index contributed by atoms with van der Waals surface area (Å²) in [5, 5.41) is 10.9. The van der Waals surface area contributed by atoms with Gasteiger partial charge in [-0.1, -0.05) is 12.1 Å². The fourth-order valence-electron chi connectivity index (χ4n) is 1.95. The Morgan fingerprint density at radius 2 is 1.72 bits per heavy atom. The van der Waals surface area contributed by atoms with Gasteiger partial charge in [-0.3, -0.25) is 4.72 Å². The standard InChI is InChI=1S/C15H12F3NO5S/c1-9-2-3-10(14(20)21)8-13(9)25(22,23)19-11-4-6-12(7-5-11)24-15(16,17)18/h2-8,19H,1H3,(H,20,21)/p-1. The van der Waals surface area contributed by atoms with Gasteiger partial charge >= 0.3 is 6.36 Å². The van der Waals surface area contributed by atoms with Crippen LogP contribution < -0.4 is 14.6 Å². The Balaban J connectivity index is 2.27. The van der Waals surface area contributed by atoms with E-state index in [4.69, 9.17) is 0 Å². The maximum absolute atomic E-state index is 12.4. The topological polar surface area (TPSA) is 95.5 Å². The zero-order valence-corrected chi connectivity index (χ0v) is 13.4. The first kappa shape index (κ1) is 18.6. The maximum atomic E-state index is 12.4. The van der Waals surface area contributed by atoms with Crippen molar-refractivity contribution >= 4 is 21.7 Å². The minimum absolute atomic E-state index is 0.0206. The van der Waals surface area contributed by atoms with Gasteiger partial charge < -0.3 is 14.6 Å². The van der Waals surface area contributed by atoms with Crippen molar-refractivity contribution in [2.45, 2.75) is 18.2 Å². The largest absolute Gasteiger partial charge is 0.573 e. The summed E-state index contributed by atoms with van der Waals surface area (Å²) in [7, 11) is -4.15. The van der Waals surface area contributed by atoms with Crippen LogP contribution in [0.5, 0.6) is 5.75 Å². The van der Waals surface area contributed by atoms with Crippen LogP contribution in [0, 0.1) is 6.92 Å². The number of sulfonamides is 1. The van der Waals surface area contributed by atoms with Crippen LogP contribution in [-0.2, 0) is 10.0 Å². The Kier molecular flexibility index (Phi) is 4.93. The number of hydrogen-bond acceptors (Lipinski definition) is 5. The van der Waals surface area contributed by atoms with Crippen molar-refractivity contribution in [1.82, 2.24) is 0 Å². The van der Waals surface area contributed by atoms with Gasteiger partial charge in [0, 0.05) is 5.69 Å². The number of benzene rings is 2. The van der Waals surface area contributed by atoms with Gasteiger partial charge in [-0.2, -0.15) is 0 Å². The molecule has 0 aromatic heterocycles. The molecule has 10 heteroatoms. The zero-order valence-electron chi connectivity index (χ0n) is 12.6. The molecule has 0 saturated carbocycles. The zero-order chi connectivity index (χ0) is 18.8. The van der Waals surface area contributed by atoms with Crippen molar-refractivity contribution in [2.24, 2.45) is 0 Å². The molecule has 25 heavy (non-hydrogen) atoms.